The molecule has 1 aliphatic heterocycles. The van der Waals surface area contributed by atoms with Crippen LogP contribution in [-0.2, 0) is 0 Å². The molecule has 0 bridgehead atoms. The average molecular weight is 258 g/mol. The number of hydrogen-bond acceptors (Lipinski definition) is 5. The second-order valence-corrected chi connectivity index (χ2v) is 4.90. The van der Waals surface area contributed by atoms with Gasteiger partial charge in [-0.3, -0.25) is 4.98 Å². The van der Waals surface area contributed by atoms with Gasteiger partial charge in [-0.05, 0) is 25.0 Å². The van der Waals surface area contributed by atoms with Crippen LogP contribution in [0.2, 0.25) is 0 Å². The molecule has 2 aromatic rings. The molecular formula is C14H18N4O. The summed E-state index contributed by atoms with van der Waals surface area (Å²) in [5.41, 5.74) is 8.93. The minimum Gasteiger partial charge on any atom is -0.481 e. The monoisotopic (exact) mass is 258 g/mol. The van der Waals surface area contributed by atoms with Crippen LogP contribution in [0, 0.1) is 0 Å². The van der Waals surface area contributed by atoms with Crippen LogP contribution in [0.25, 0.3) is 11.0 Å². The lowest BCUT2D eigenvalue weighted by molar-refractivity contribution is 0.399. The van der Waals surface area contributed by atoms with Crippen molar-refractivity contribution in [2.24, 2.45) is 5.73 Å². The number of hydrogen-bond donors (Lipinski definition) is 1. The van der Waals surface area contributed by atoms with Gasteiger partial charge in [0.1, 0.15) is 5.52 Å². The Kier molecular flexibility index (Phi) is 3.21. The van der Waals surface area contributed by atoms with E-state index >= 15 is 0 Å². The van der Waals surface area contributed by atoms with E-state index < -0.39 is 0 Å². The summed E-state index contributed by atoms with van der Waals surface area (Å²) >= 11 is 0. The molecule has 0 spiro atoms. The highest BCUT2D eigenvalue weighted by molar-refractivity contribution is 5.88. The van der Waals surface area contributed by atoms with Crippen LogP contribution in [0.5, 0.6) is 5.88 Å². The molecule has 0 unspecified atom stereocenters. The normalized spacial score (nSPS) is 19.7. The fraction of sp³-hybridized carbons (Fsp3) is 0.429. The second-order valence-electron chi connectivity index (χ2n) is 4.90. The van der Waals surface area contributed by atoms with E-state index in [1.165, 1.54) is 0 Å². The zero-order valence-electron chi connectivity index (χ0n) is 11.0. The Morgan fingerprint density at radius 1 is 1.37 bits per heavy atom. The summed E-state index contributed by atoms with van der Waals surface area (Å²) in [6.45, 7) is 1.89. The largest absolute Gasteiger partial charge is 0.481 e. The molecule has 0 saturated carbocycles. The van der Waals surface area contributed by atoms with Gasteiger partial charge in [0, 0.05) is 31.4 Å². The smallest absolute Gasteiger partial charge is 0.213 e. The van der Waals surface area contributed by atoms with Crippen molar-refractivity contribution >= 4 is 16.7 Å². The average Bonchev–Trinajstić information content (AvgIpc) is 2.46. The molecule has 0 aliphatic carbocycles. The molecule has 1 fully saturated rings. The van der Waals surface area contributed by atoms with Crippen molar-refractivity contribution in [1.29, 1.82) is 0 Å². The first-order valence-corrected chi connectivity index (χ1v) is 6.58. The van der Waals surface area contributed by atoms with E-state index in [0.29, 0.717) is 5.88 Å². The summed E-state index contributed by atoms with van der Waals surface area (Å²) in [5, 5.41) is 0. The van der Waals surface area contributed by atoms with Crippen molar-refractivity contribution in [2.45, 2.75) is 18.9 Å². The number of nitrogens with two attached hydrogens (primary N) is 1. The summed E-state index contributed by atoms with van der Waals surface area (Å²) in [6, 6.07) is 6.02. The van der Waals surface area contributed by atoms with E-state index in [1.54, 1.807) is 7.11 Å². The highest BCUT2D eigenvalue weighted by Gasteiger charge is 2.19. The molecule has 2 aromatic heterocycles. The fourth-order valence-electron chi connectivity index (χ4n) is 2.59. The number of methoxy groups -OCH3 is 1. The van der Waals surface area contributed by atoms with Gasteiger partial charge in [0.25, 0.3) is 0 Å². The lowest BCUT2D eigenvalue weighted by Crippen LogP contribution is -2.43. The summed E-state index contributed by atoms with van der Waals surface area (Å²) in [7, 11) is 1.63. The maximum absolute atomic E-state index is 6.06. The lowest BCUT2D eigenvalue weighted by atomic mass is 10.1. The summed E-state index contributed by atoms with van der Waals surface area (Å²) in [4.78, 5) is 11.2. The first-order valence-electron chi connectivity index (χ1n) is 6.58. The van der Waals surface area contributed by atoms with E-state index in [9.17, 15) is 0 Å². The molecule has 1 saturated heterocycles. The van der Waals surface area contributed by atoms with Crippen molar-refractivity contribution in [2.75, 3.05) is 25.1 Å². The number of nitrogens with zero attached hydrogens (tertiary/aromatic N) is 3. The number of rotatable bonds is 2. The maximum atomic E-state index is 6.06. The van der Waals surface area contributed by atoms with Crippen molar-refractivity contribution in [3.63, 3.8) is 0 Å². The molecule has 1 atom stereocenters. The van der Waals surface area contributed by atoms with E-state index in [4.69, 9.17) is 10.5 Å². The van der Waals surface area contributed by atoms with Gasteiger partial charge in [0.2, 0.25) is 5.88 Å². The number of piperidine rings is 1. The minimum absolute atomic E-state index is 0.238. The summed E-state index contributed by atoms with van der Waals surface area (Å²) in [6.07, 6.45) is 4.04. The predicted octanol–water partition coefficient (Wildman–Crippen LogP) is 1.57. The molecule has 0 aromatic carbocycles. The zero-order valence-corrected chi connectivity index (χ0v) is 11.0. The molecule has 3 rings (SSSR count). The Hall–Kier alpha value is -1.88. The van der Waals surface area contributed by atoms with Crippen LogP contribution in [0.15, 0.2) is 24.4 Å². The molecular weight excluding hydrogens is 240 g/mol. The number of aromatic nitrogens is 2. The van der Waals surface area contributed by atoms with Crippen LogP contribution in [0.4, 0.5) is 5.69 Å². The third-order valence-corrected chi connectivity index (χ3v) is 3.54. The molecule has 3 heterocycles. The highest BCUT2D eigenvalue weighted by atomic mass is 16.5. The van der Waals surface area contributed by atoms with Gasteiger partial charge in [0.15, 0.2) is 0 Å². The number of fused-ring (bicyclic) bond motifs is 1. The lowest BCUT2D eigenvalue weighted by Gasteiger charge is -2.32. The van der Waals surface area contributed by atoms with E-state index in [2.05, 4.69) is 14.9 Å². The Morgan fingerprint density at radius 3 is 3.05 bits per heavy atom. The highest BCUT2D eigenvalue weighted by Crippen LogP contribution is 2.27. The molecule has 1 aliphatic rings. The topological polar surface area (TPSA) is 64.3 Å². The van der Waals surface area contributed by atoms with Crippen molar-refractivity contribution in [3.05, 3.63) is 24.4 Å². The standard InChI is InChI=1S/C14H18N4O/c1-19-13-5-4-11-14(17-13)12(6-7-16-11)18-8-2-3-10(15)9-18/h4-7,10H,2-3,8-9,15H2,1H3/t10-/m1/s1. The fourth-order valence-corrected chi connectivity index (χ4v) is 2.59. The van der Waals surface area contributed by atoms with Crippen molar-refractivity contribution in [3.8, 4) is 5.88 Å². The molecule has 5 heteroatoms. The Balaban J connectivity index is 2.06. The van der Waals surface area contributed by atoms with Crippen LogP contribution >= 0.6 is 0 Å². The van der Waals surface area contributed by atoms with Gasteiger partial charge < -0.3 is 15.4 Å². The molecule has 5 nitrogen and oxygen atoms in total. The van der Waals surface area contributed by atoms with Crippen LogP contribution in [0.1, 0.15) is 12.8 Å². The molecule has 19 heavy (non-hydrogen) atoms. The molecule has 0 amide bonds. The van der Waals surface area contributed by atoms with Crippen LogP contribution in [-0.4, -0.2) is 36.2 Å². The van der Waals surface area contributed by atoms with E-state index in [-0.39, 0.29) is 6.04 Å². The first kappa shape index (κ1) is 12.2. The van der Waals surface area contributed by atoms with Gasteiger partial charge in [-0.2, -0.15) is 0 Å². The number of pyridine rings is 2. The Morgan fingerprint density at radius 2 is 2.26 bits per heavy atom. The minimum atomic E-state index is 0.238. The maximum Gasteiger partial charge on any atom is 0.213 e. The SMILES string of the molecule is COc1ccc2nccc(N3CCC[C@@H](N)C3)c2n1. The molecule has 2 N–H and O–H groups in total. The number of ether oxygens (including phenoxy) is 1. The van der Waals surface area contributed by atoms with E-state index in [0.717, 1.165) is 42.7 Å². The van der Waals surface area contributed by atoms with Gasteiger partial charge in [0.05, 0.1) is 18.3 Å². The van der Waals surface area contributed by atoms with Gasteiger partial charge in [-0.15, -0.1) is 0 Å². The molecule has 0 radical (unpaired) electrons. The summed E-state index contributed by atoms with van der Waals surface area (Å²) in [5.74, 6) is 0.614. The van der Waals surface area contributed by atoms with Gasteiger partial charge in [-0.1, -0.05) is 0 Å². The second kappa shape index (κ2) is 5.01. The third-order valence-electron chi connectivity index (χ3n) is 3.54. The Bertz CT molecular complexity index is 587. The van der Waals surface area contributed by atoms with Crippen molar-refractivity contribution < 1.29 is 4.74 Å². The third kappa shape index (κ3) is 2.33. The van der Waals surface area contributed by atoms with Gasteiger partial charge >= 0.3 is 0 Å². The van der Waals surface area contributed by atoms with Crippen molar-refractivity contribution in [1.82, 2.24) is 9.97 Å². The molecule has 100 valence electrons. The van der Waals surface area contributed by atoms with E-state index in [1.807, 2.05) is 24.4 Å². The first-order chi connectivity index (χ1) is 9.28. The zero-order chi connectivity index (χ0) is 13.2. The summed E-state index contributed by atoms with van der Waals surface area (Å²) < 4.78 is 5.20. The Labute approximate surface area is 112 Å². The quantitative estimate of drug-likeness (QED) is 0.885. The number of anilines is 1. The van der Waals surface area contributed by atoms with Crippen LogP contribution in [0.3, 0.4) is 0 Å². The predicted molar refractivity (Wildman–Crippen MR) is 75.5 cm³/mol. The van der Waals surface area contributed by atoms with Crippen LogP contribution < -0.4 is 15.4 Å². The van der Waals surface area contributed by atoms with Gasteiger partial charge in [-0.25, -0.2) is 4.98 Å².